The first-order valence-corrected chi connectivity index (χ1v) is 5.98. The number of nitrogens with zero attached hydrogens (tertiary/aromatic N) is 2. The van der Waals surface area contributed by atoms with E-state index in [0.717, 1.165) is 25.9 Å². The van der Waals surface area contributed by atoms with Crippen LogP contribution in [0.3, 0.4) is 0 Å². The molecule has 4 nitrogen and oxygen atoms in total. The fourth-order valence-corrected chi connectivity index (χ4v) is 2.19. The van der Waals surface area contributed by atoms with Gasteiger partial charge in [0.15, 0.2) is 5.82 Å². The lowest BCUT2D eigenvalue weighted by Gasteiger charge is -2.22. The van der Waals surface area contributed by atoms with Gasteiger partial charge in [0, 0.05) is 24.4 Å². The van der Waals surface area contributed by atoms with Crippen LogP contribution in [-0.2, 0) is 0 Å². The maximum Gasteiger partial charge on any atom is 0.201 e. The van der Waals surface area contributed by atoms with Crippen molar-refractivity contribution in [2.24, 2.45) is 5.92 Å². The zero-order valence-corrected chi connectivity index (χ0v) is 9.94. The number of hydrogen-bond acceptors (Lipinski definition) is 3. The van der Waals surface area contributed by atoms with E-state index in [1.54, 1.807) is 6.20 Å². The number of carbonyl (C=O) groups excluding carboxylic acids is 1. The maximum atomic E-state index is 12.3. The van der Waals surface area contributed by atoms with E-state index in [9.17, 15) is 4.79 Å². The Bertz CT molecular complexity index is 364. The fourth-order valence-electron chi connectivity index (χ4n) is 2.19. The molecular weight excluding hydrogens is 202 g/mol. The Labute approximate surface area is 96.1 Å². The molecule has 0 unspecified atom stereocenters. The molecule has 4 heteroatoms. The van der Waals surface area contributed by atoms with Gasteiger partial charge < -0.3 is 9.88 Å². The van der Waals surface area contributed by atoms with Crippen LogP contribution in [-0.4, -0.2) is 28.4 Å². The van der Waals surface area contributed by atoms with Gasteiger partial charge in [0.25, 0.3) is 0 Å². The van der Waals surface area contributed by atoms with Crippen LogP contribution in [0.1, 0.15) is 43.3 Å². The molecule has 2 heterocycles. The van der Waals surface area contributed by atoms with Gasteiger partial charge in [-0.3, -0.25) is 4.79 Å². The van der Waals surface area contributed by atoms with E-state index in [1.165, 1.54) is 0 Å². The van der Waals surface area contributed by atoms with Gasteiger partial charge >= 0.3 is 0 Å². The topological polar surface area (TPSA) is 46.9 Å². The monoisotopic (exact) mass is 221 g/mol. The quantitative estimate of drug-likeness (QED) is 0.789. The molecule has 0 spiro atoms. The fraction of sp³-hybridized carbons (Fsp3) is 0.667. The third-order valence-electron chi connectivity index (χ3n) is 3.16. The third kappa shape index (κ3) is 2.16. The number of piperidine rings is 1. The average Bonchev–Trinajstić information content (AvgIpc) is 2.78. The van der Waals surface area contributed by atoms with Crippen LogP contribution in [0.25, 0.3) is 0 Å². The second-order valence-corrected chi connectivity index (χ2v) is 4.64. The van der Waals surface area contributed by atoms with E-state index in [4.69, 9.17) is 0 Å². The van der Waals surface area contributed by atoms with Crippen LogP contribution in [0.4, 0.5) is 0 Å². The number of nitrogens with one attached hydrogen (secondary N) is 1. The molecule has 1 fully saturated rings. The number of ketones is 1. The highest BCUT2D eigenvalue weighted by Gasteiger charge is 2.25. The van der Waals surface area contributed by atoms with E-state index >= 15 is 0 Å². The van der Waals surface area contributed by atoms with Crippen LogP contribution in [0.15, 0.2) is 12.4 Å². The molecule has 0 radical (unpaired) electrons. The highest BCUT2D eigenvalue weighted by molar-refractivity contribution is 5.94. The zero-order chi connectivity index (χ0) is 11.5. The van der Waals surface area contributed by atoms with E-state index in [2.05, 4.69) is 24.1 Å². The van der Waals surface area contributed by atoms with Gasteiger partial charge in [-0.2, -0.15) is 0 Å². The van der Waals surface area contributed by atoms with Crippen molar-refractivity contribution < 1.29 is 4.79 Å². The smallest absolute Gasteiger partial charge is 0.201 e. The molecule has 0 aromatic carbocycles. The molecule has 1 saturated heterocycles. The standard InChI is InChI=1S/C12H19N3O/c1-9(2)15-8-7-14-12(15)11(16)10-3-5-13-6-4-10/h7-10,13H,3-6H2,1-2H3. The van der Waals surface area contributed by atoms with Crippen molar-refractivity contribution in [3.63, 3.8) is 0 Å². The molecule has 2 rings (SSSR count). The van der Waals surface area contributed by atoms with Gasteiger partial charge in [0.1, 0.15) is 0 Å². The second kappa shape index (κ2) is 4.78. The summed E-state index contributed by atoms with van der Waals surface area (Å²) < 4.78 is 1.96. The van der Waals surface area contributed by atoms with Crippen molar-refractivity contribution in [1.29, 1.82) is 0 Å². The minimum absolute atomic E-state index is 0.154. The molecule has 16 heavy (non-hydrogen) atoms. The number of hydrogen-bond donors (Lipinski definition) is 1. The predicted molar refractivity (Wildman–Crippen MR) is 62.5 cm³/mol. The van der Waals surface area contributed by atoms with Gasteiger partial charge in [0.2, 0.25) is 5.78 Å². The zero-order valence-electron chi connectivity index (χ0n) is 9.94. The summed E-state index contributed by atoms with van der Waals surface area (Å²) in [7, 11) is 0. The van der Waals surface area contributed by atoms with Crippen molar-refractivity contribution in [2.45, 2.75) is 32.7 Å². The molecule has 0 amide bonds. The summed E-state index contributed by atoms with van der Waals surface area (Å²) in [4.78, 5) is 16.5. The highest BCUT2D eigenvalue weighted by atomic mass is 16.1. The summed E-state index contributed by atoms with van der Waals surface area (Å²) in [6.07, 6.45) is 5.47. The Balaban J connectivity index is 2.16. The van der Waals surface area contributed by atoms with Crippen LogP contribution in [0.5, 0.6) is 0 Å². The molecular formula is C12H19N3O. The molecule has 88 valence electrons. The number of carbonyl (C=O) groups is 1. The Hall–Kier alpha value is -1.16. The summed E-state index contributed by atoms with van der Waals surface area (Å²) in [6, 6.07) is 0.295. The van der Waals surface area contributed by atoms with Crippen molar-refractivity contribution in [3.05, 3.63) is 18.2 Å². The summed E-state index contributed by atoms with van der Waals surface area (Å²) in [5, 5.41) is 3.27. The molecule has 1 aromatic heterocycles. The third-order valence-corrected chi connectivity index (χ3v) is 3.16. The minimum atomic E-state index is 0.154. The molecule has 1 aliphatic heterocycles. The first kappa shape index (κ1) is 11.3. The summed E-state index contributed by atoms with van der Waals surface area (Å²) >= 11 is 0. The van der Waals surface area contributed by atoms with Crippen molar-refractivity contribution in [2.75, 3.05) is 13.1 Å². The van der Waals surface area contributed by atoms with Gasteiger partial charge in [0.05, 0.1) is 0 Å². The van der Waals surface area contributed by atoms with E-state index in [1.807, 2.05) is 10.8 Å². The first-order valence-electron chi connectivity index (χ1n) is 5.98. The van der Waals surface area contributed by atoms with Gasteiger partial charge in [-0.1, -0.05) is 0 Å². The predicted octanol–water partition coefficient (Wildman–Crippen LogP) is 1.65. The minimum Gasteiger partial charge on any atom is -0.326 e. The number of aromatic nitrogens is 2. The lowest BCUT2D eigenvalue weighted by atomic mass is 9.93. The van der Waals surface area contributed by atoms with Crippen LogP contribution in [0, 0.1) is 5.92 Å². The Morgan fingerprint density at radius 3 is 2.81 bits per heavy atom. The summed E-state index contributed by atoms with van der Waals surface area (Å²) in [5.74, 6) is 0.989. The highest BCUT2D eigenvalue weighted by Crippen LogP contribution is 2.19. The lowest BCUT2D eigenvalue weighted by Crippen LogP contribution is -2.33. The lowest BCUT2D eigenvalue weighted by molar-refractivity contribution is 0.0878. The molecule has 0 atom stereocenters. The largest absolute Gasteiger partial charge is 0.326 e. The second-order valence-electron chi connectivity index (χ2n) is 4.64. The summed E-state index contributed by atoms with van der Waals surface area (Å²) in [5.41, 5.74) is 0. The normalized spacial score (nSPS) is 17.9. The van der Waals surface area contributed by atoms with Gasteiger partial charge in [-0.25, -0.2) is 4.98 Å². The summed E-state index contributed by atoms with van der Waals surface area (Å²) in [6.45, 7) is 6.03. The maximum absolute atomic E-state index is 12.3. The SMILES string of the molecule is CC(C)n1ccnc1C(=O)C1CCNCC1. The molecule has 1 aliphatic rings. The number of imidazole rings is 1. The first-order chi connectivity index (χ1) is 7.70. The van der Waals surface area contributed by atoms with Crippen LogP contribution >= 0.6 is 0 Å². The van der Waals surface area contributed by atoms with Gasteiger partial charge in [-0.15, -0.1) is 0 Å². The van der Waals surface area contributed by atoms with Crippen molar-refractivity contribution >= 4 is 5.78 Å². The number of rotatable bonds is 3. The molecule has 0 aliphatic carbocycles. The average molecular weight is 221 g/mol. The molecule has 1 N–H and O–H groups in total. The Morgan fingerprint density at radius 1 is 1.50 bits per heavy atom. The van der Waals surface area contributed by atoms with Crippen molar-refractivity contribution in [1.82, 2.24) is 14.9 Å². The number of Topliss-reactive ketones (excluding diaryl/α,β-unsaturated/α-hetero) is 1. The van der Waals surface area contributed by atoms with Gasteiger partial charge in [-0.05, 0) is 39.8 Å². The molecule has 0 bridgehead atoms. The van der Waals surface area contributed by atoms with E-state index < -0.39 is 0 Å². The Kier molecular flexibility index (Phi) is 3.39. The van der Waals surface area contributed by atoms with Crippen LogP contribution in [0.2, 0.25) is 0 Å². The van der Waals surface area contributed by atoms with Crippen LogP contribution < -0.4 is 5.32 Å². The van der Waals surface area contributed by atoms with E-state index in [0.29, 0.717) is 11.9 Å². The van der Waals surface area contributed by atoms with E-state index in [-0.39, 0.29) is 11.7 Å². The molecule has 1 aromatic rings. The van der Waals surface area contributed by atoms with Crippen molar-refractivity contribution in [3.8, 4) is 0 Å². The molecule has 0 saturated carbocycles. The Morgan fingerprint density at radius 2 is 2.19 bits per heavy atom.